The Morgan fingerprint density at radius 2 is 1.97 bits per heavy atom. The summed E-state index contributed by atoms with van der Waals surface area (Å²) in [5, 5.41) is 14.2. The lowest BCUT2D eigenvalue weighted by Crippen LogP contribution is -2.42. The summed E-state index contributed by atoms with van der Waals surface area (Å²) >= 11 is 1.25. The third-order valence-electron chi connectivity index (χ3n) is 5.35. The monoisotopic (exact) mass is 515 g/mol. The molecule has 3 aromatic rings. The maximum absolute atomic E-state index is 14.8. The summed E-state index contributed by atoms with van der Waals surface area (Å²) in [5.74, 6) is -1.13. The Labute approximate surface area is 211 Å². The van der Waals surface area contributed by atoms with Crippen molar-refractivity contribution in [3.63, 3.8) is 0 Å². The molecule has 9 nitrogen and oxygen atoms in total. The molecule has 190 valence electrons. The molecule has 0 aliphatic carbocycles. The Morgan fingerprint density at radius 1 is 1.19 bits per heavy atom. The minimum atomic E-state index is -0.712. The molecular formula is C25H26FN3O6S. The Bertz CT molecular complexity index is 1250. The van der Waals surface area contributed by atoms with E-state index in [1.165, 1.54) is 41.7 Å². The van der Waals surface area contributed by atoms with E-state index in [0.717, 1.165) is 12.5 Å². The predicted octanol–water partition coefficient (Wildman–Crippen LogP) is 4.08. The highest BCUT2D eigenvalue weighted by atomic mass is 32.1. The molecule has 2 aromatic carbocycles. The topological polar surface area (TPSA) is 110 Å². The van der Waals surface area contributed by atoms with Crippen LogP contribution in [0.5, 0.6) is 17.2 Å². The number of hydrogen-bond donors (Lipinski definition) is 2. The van der Waals surface area contributed by atoms with Crippen LogP contribution in [0.1, 0.15) is 39.8 Å². The molecule has 0 unspecified atom stereocenters. The number of carbonyl (C=O) groups excluding carboxylic acids is 2. The number of ether oxygens (including phenoxy) is 3. The molecule has 1 aliphatic heterocycles. The van der Waals surface area contributed by atoms with Gasteiger partial charge < -0.3 is 24.2 Å². The highest BCUT2D eigenvalue weighted by molar-refractivity contribution is 7.13. The van der Waals surface area contributed by atoms with Gasteiger partial charge in [0.25, 0.3) is 11.8 Å². The molecule has 1 saturated heterocycles. The quantitative estimate of drug-likeness (QED) is 0.419. The van der Waals surface area contributed by atoms with Gasteiger partial charge in [-0.25, -0.2) is 9.37 Å². The van der Waals surface area contributed by atoms with Gasteiger partial charge in [-0.15, -0.1) is 11.3 Å². The number of aromatic nitrogens is 1. The lowest BCUT2D eigenvalue weighted by molar-refractivity contribution is 0.0651. The normalized spacial score (nSPS) is 13.6. The number of methoxy groups -OCH3 is 1. The summed E-state index contributed by atoms with van der Waals surface area (Å²) in [6.45, 7) is 3.07. The first-order valence-electron chi connectivity index (χ1n) is 11.3. The van der Waals surface area contributed by atoms with Crippen LogP contribution in [0.15, 0.2) is 41.8 Å². The van der Waals surface area contributed by atoms with Crippen molar-refractivity contribution in [2.75, 3.05) is 32.1 Å². The predicted molar refractivity (Wildman–Crippen MR) is 131 cm³/mol. The van der Waals surface area contributed by atoms with E-state index >= 15 is 0 Å². The average molecular weight is 516 g/mol. The number of aliphatic hydroxyl groups is 1. The van der Waals surface area contributed by atoms with Crippen LogP contribution < -0.4 is 14.8 Å². The van der Waals surface area contributed by atoms with Crippen molar-refractivity contribution in [3.05, 3.63) is 64.4 Å². The van der Waals surface area contributed by atoms with Crippen molar-refractivity contribution < 1.29 is 33.3 Å². The van der Waals surface area contributed by atoms with Crippen molar-refractivity contribution in [1.82, 2.24) is 9.88 Å². The number of thiazole rings is 1. The van der Waals surface area contributed by atoms with E-state index in [4.69, 9.17) is 14.2 Å². The molecular weight excluding hydrogens is 489 g/mol. The average Bonchev–Trinajstić information content (AvgIpc) is 3.26. The molecule has 2 amide bonds. The second kappa shape index (κ2) is 11.5. The number of amides is 2. The minimum Gasteiger partial charge on any atom is -0.488 e. The number of rotatable bonds is 10. The number of hydrogen-bond acceptors (Lipinski definition) is 8. The van der Waals surface area contributed by atoms with Gasteiger partial charge in [0.05, 0.1) is 18.9 Å². The second-order valence-electron chi connectivity index (χ2n) is 8.23. The smallest absolute Gasteiger partial charge is 0.257 e. The number of nitrogens with one attached hydrogen (secondary N) is 1. The van der Waals surface area contributed by atoms with Crippen molar-refractivity contribution in [3.8, 4) is 17.2 Å². The Morgan fingerprint density at radius 3 is 2.64 bits per heavy atom. The van der Waals surface area contributed by atoms with Crippen LogP contribution in [0.4, 0.5) is 9.52 Å². The van der Waals surface area contributed by atoms with Gasteiger partial charge in [-0.1, -0.05) is 0 Å². The molecule has 4 rings (SSSR count). The van der Waals surface area contributed by atoms with Gasteiger partial charge in [0.1, 0.15) is 17.6 Å². The lowest BCUT2D eigenvalue weighted by Gasteiger charge is -2.30. The third-order valence-corrected chi connectivity index (χ3v) is 6.16. The first kappa shape index (κ1) is 25.5. The van der Waals surface area contributed by atoms with E-state index in [9.17, 15) is 19.1 Å². The summed E-state index contributed by atoms with van der Waals surface area (Å²) in [6.07, 6.45) is 0.394. The number of likely N-dealkylation sites (tertiary alicyclic amines) is 1. The zero-order chi connectivity index (χ0) is 25.7. The summed E-state index contributed by atoms with van der Waals surface area (Å²) < 4.78 is 31.2. The highest BCUT2D eigenvalue weighted by Gasteiger charge is 2.23. The molecule has 0 radical (unpaired) electrons. The summed E-state index contributed by atoms with van der Waals surface area (Å²) in [7, 11) is 1.55. The Kier molecular flexibility index (Phi) is 8.14. The molecule has 2 N–H and O–H groups in total. The van der Waals surface area contributed by atoms with E-state index < -0.39 is 17.8 Å². The third kappa shape index (κ3) is 6.17. The van der Waals surface area contributed by atoms with Crippen LogP contribution in [0.3, 0.4) is 0 Å². The van der Waals surface area contributed by atoms with Crippen LogP contribution in [0, 0.1) is 5.82 Å². The molecule has 1 aliphatic rings. The van der Waals surface area contributed by atoms with Crippen LogP contribution >= 0.6 is 11.3 Å². The summed E-state index contributed by atoms with van der Waals surface area (Å²) in [5.41, 5.74) is 1.10. The fourth-order valence-corrected chi connectivity index (χ4v) is 4.08. The zero-order valence-electron chi connectivity index (χ0n) is 19.8. The van der Waals surface area contributed by atoms with E-state index in [-0.39, 0.29) is 40.9 Å². The summed E-state index contributed by atoms with van der Waals surface area (Å²) in [6, 6.07) is 8.43. The first-order valence-corrected chi connectivity index (χ1v) is 12.2. The standard InChI is InChI=1S/C25H26FN3O6S/c1-15(12-30)34-19-8-17(23(31)28-25-27-18(13-33-2)14-36-25)9-20(11-19)35-22-5-4-16(10-21(22)26)24(32)29-6-3-7-29/h4-5,8-11,14-15,30H,3,6-7,12-13H2,1-2H3,(H,27,28,31)/t15-/m0/s1. The molecule has 1 fully saturated rings. The van der Waals surface area contributed by atoms with Crippen molar-refractivity contribution in [2.24, 2.45) is 0 Å². The lowest BCUT2D eigenvalue weighted by atomic mass is 10.1. The number of halogens is 1. The van der Waals surface area contributed by atoms with Gasteiger partial charge >= 0.3 is 0 Å². The highest BCUT2D eigenvalue weighted by Crippen LogP contribution is 2.31. The van der Waals surface area contributed by atoms with Crippen molar-refractivity contribution >= 4 is 28.3 Å². The number of nitrogens with zero attached hydrogens (tertiary/aromatic N) is 2. The second-order valence-corrected chi connectivity index (χ2v) is 9.09. The fraction of sp³-hybridized carbons (Fsp3) is 0.320. The van der Waals surface area contributed by atoms with E-state index in [1.807, 2.05) is 0 Å². The largest absolute Gasteiger partial charge is 0.488 e. The fourth-order valence-electron chi connectivity index (χ4n) is 3.39. The molecule has 0 bridgehead atoms. The Hall–Kier alpha value is -3.54. The first-order chi connectivity index (χ1) is 17.4. The van der Waals surface area contributed by atoms with E-state index in [0.29, 0.717) is 30.5 Å². The van der Waals surface area contributed by atoms with Gasteiger partial charge in [-0.05, 0) is 43.7 Å². The SMILES string of the molecule is COCc1csc(NC(=O)c2cc(Oc3ccc(C(=O)N4CCC4)cc3F)cc(O[C@@H](C)CO)c2)n1. The molecule has 1 aromatic heterocycles. The summed E-state index contributed by atoms with van der Waals surface area (Å²) in [4.78, 5) is 31.2. The van der Waals surface area contributed by atoms with E-state index in [1.54, 1.807) is 24.3 Å². The van der Waals surface area contributed by atoms with Crippen LogP contribution in [-0.2, 0) is 11.3 Å². The number of benzene rings is 2. The number of aliphatic hydroxyl groups excluding tert-OH is 1. The molecule has 11 heteroatoms. The van der Waals surface area contributed by atoms with Crippen LogP contribution in [0.2, 0.25) is 0 Å². The van der Waals surface area contributed by atoms with Crippen LogP contribution in [-0.4, -0.2) is 59.7 Å². The Balaban J connectivity index is 1.56. The van der Waals surface area contributed by atoms with Gasteiger partial charge in [-0.3, -0.25) is 14.9 Å². The van der Waals surface area contributed by atoms with Gasteiger partial charge in [0.2, 0.25) is 0 Å². The molecule has 0 saturated carbocycles. The molecule has 0 spiro atoms. The van der Waals surface area contributed by atoms with Crippen molar-refractivity contribution in [1.29, 1.82) is 0 Å². The van der Waals surface area contributed by atoms with Gasteiger partial charge in [0.15, 0.2) is 16.7 Å². The molecule has 36 heavy (non-hydrogen) atoms. The maximum atomic E-state index is 14.8. The van der Waals surface area contributed by atoms with Crippen molar-refractivity contribution in [2.45, 2.75) is 26.1 Å². The number of carbonyl (C=O) groups is 2. The zero-order valence-corrected chi connectivity index (χ0v) is 20.6. The van der Waals surface area contributed by atoms with Gasteiger partial charge in [-0.2, -0.15) is 0 Å². The molecule has 2 heterocycles. The molecule has 1 atom stereocenters. The minimum absolute atomic E-state index is 0.113. The number of anilines is 1. The maximum Gasteiger partial charge on any atom is 0.257 e. The van der Waals surface area contributed by atoms with Gasteiger partial charge in [0, 0.05) is 42.8 Å². The van der Waals surface area contributed by atoms with Crippen LogP contribution in [0.25, 0.3) is 0 Å². The van der Waals surface area contributed by atoms with E-state index in [2.05, 4.69) is 10.3 Å².